The fourth-order valence-electron chi connectivity index (χ4n) is 1.74. The molecule has 0 aliphatic carbocycles. The molecule has 4 amide bonds. The van der Waals surface area contributed by atoms with E-state index in [-0.39, 0.29) is 41.9 Å². The first-order valence-corrected chi connectivity index (χ1v) is 9.86. The van der Waals surface area contributed by atoms with Gasteiger partial charge in [-0.3, -0.25) is 20.2 Å². The average molecular weight is 580 g/mol. The van der Waals surface area contributed by atoms with E-state index in [9.17, 15) is 27.4 Å². The second-order valence-electron chi connectivity index (χ2n) is 4.61. The van der Waals surface area contributed by atoms with Crippen molar-refractivity contribution in [2.75, 3.05) is 0 Å². The van der Waals surface area contributed by atoms with Gasteiger partial charge in [0.25, 0.3) is 0 Å². The van der Waals surface area contributed by atoms with Gasteiger partial charge in [-0.05, 0) is 12.3 Å². The maximum Gasteiger partial charge on any atom is 1.00 e. The number of amides is 4. The first kappa shape index (κ1) is 26.0. The summed E-state index contributed by atoms with van der Waals surface area (Å²) < 4.78 is 28.4. The Labute approximate surface area is 184 Å². The topological polar surface area (TPSA) is 132 Å². The molecule has 0 saturated carbocycles. The van der Waals surface area contributed by atoms with Gasteiger partial charge < -0.3 is 4.55 Å². The molecule has 0 aromatic heterocycles. The molecular formula is C11H15I2N2NaO6S. The van der Waals surface area contributed by atoms with Crippen molar-refractivity contribution in [1.82, 2.24) is 10.6 Å². The summed E-state index contributed by atoms with van der Waals surface area (Å²) in [6, 6.07) is -0.759. The van der Waals surface area contributed by atoms with Gasteiger partial charge in [-0.25, -0.2) is 13.2 Å². The molecule has 0 radical (unpaired) electrons. The number of barbiturate groups is 1. The van der Waals surface area contributed by atoms with Gasteiger partial charge in [-0.15, -0.1) is 6.58 Å². The predicted octanol–water partition coefficient (Wildman–Crippen LogP) is -1.74. The Morgan fingerprint density at radius 1 is 1.22 bits per heavy atom. The molecule has 0 atom stereocenters. The van der Waals surface area contributed by atoms with Crippen molar-refractivity contribution >= 4 is 73.1 Å². The third-order valence-electron chi connectivity index (χ3n) is 2.93. The monoisotopic (exact) mass is 580 g/mol. The summed E-state index contributed by atoms with van der Waals surface area (Å²) in [7, 11) is -4.02. The molecule has 0 aromatic carbocycles. The van der Waals surface area contributed by atoms with E-state index in [1.807, 2.05) is 0 Å². The van der Waals surface area contributed by atoms with Crippen LogP contribution in [0, 0.1) is 11.3 Å². The largest absolute Gasteiger partial charge is 1.00 e. The quantitative estimate of drug-likeness (QED) is 0.101. The van der Waals surface area contributed by atoms with Gasteiger partial charge in [0.2, 0.25) is 11.8 Å². The first-order chi connectivity index (χ1) is 9.89. The van der Waals surface area contributed by atoms with Crippen LogP contribution >= 0.6 is 45.2 Å². The number of alkyl halides is 2. The first-order valence-electron chi connectivity index (χ1n) is 5.90. The van der Waals surface area contributed by atoms with Crippen LogP contribution in [0.2, 0.25) is 0 Å². The minimum absolute atomic E-state index is 0. The standard InChI is InChI=1S/C10H14N2O3.CH2I2O3S.Na/c1-4-5-10(6(2)3)7(13)11-9(15)12-8(10)14;2-1(3)7(4,5)6;/h4,6H,1,5H2,2-3H3,(H2,11,12,13,14,15);1H,(H,4,5,6);/q;;+1/p-1. The molecule has 23 heavy (non-hydrogen) atoms. The van der Waals surface area contributed by atoms with Gasteiger partial charge >= 0.3 is 35.6 Å². The van der Waals surface area contributed by atoms with E-state index < -0.39 is 34.6 Å². The fourth-order valence-corrected chi connectivity index (χ4v) is 1.74. The molecule has 8 nitrogen and oxygen atoms in total. The van der Waals surface area contributed by atoms with Crippen molar-refractivity contribution in [2.24, 2.45) is 11.3 Å². The molecule has 1 heterocycles. The summed E-state index contributed by atoms with van der Waals surface area (Å²) in [5, 5.41) is 4.22. The minimum atomic E-state index is -4.02. The number of rotatable bonds is 4. The zero-order valence-corrected chi connectivity index (χ0v) is 19.9. The zero-order chi connectivity index (χ0) is 17.7. The summed E-state index contributed by atoms with van der Waals surface area (Å²) in [5.41, 5.74) is -1.21. The molecular weight excluding hydrogens is 565 g/mol. The van der Waals surface area contributed by atoms with Crippen LogP contribution in [0.4, 0.5) is 4.79 Å². The van der Waals surface area contributed by atoms with E-state index in [0.29, 0.717) is 0 Å². The molecule has 1 saturated heterocycles. The molecule has 2 N–H and O–H groups in total. The Morgan fingerprint density at radius 3 is 1.78 bits per heavy atom. The van der Waals surface area contributed by atoms with Crippen molar-refractivity contribution in [2.45, 2.75) is 21.5 Å². The van der Waals surface area contributed by atoms with Crippen LogP contribution < -0.4 is 40.2 Å². The number of halogens is 2. The van der Waals surface area contributed by atoms with Crippen molar-refractivity contribution in [3.63, 3.8) is 0 Å². The maximum atomic E-state index is 11.7. The molecule has 0 bridgehead atoms. The van der Waals surface area contributed by atoms with Crippen LogP contribution in [0.25, 0.3) is 0 Å². The number of carbonyl (C=O) groups excluding carboxylic acids is 3. The predicted molar refractivity (Wildman–Crippen MR) is 95.3 cm³/mol. The molecule has 1 aliphatic heterocycles. The molecule has 0 spiro atoms. The van der Waals surface area contributed by atoms with E-state index in [0.717, 1.165) is 0 Å². The molecule has 1 rings (SSSR count). The van der Waals surface area contributed by atoms with Gasteiger partial charge in [0.05, 0.1) is 0 Å². The van der Waals surface area contributed by atoms with E-state index in [2.05, 4.69) is 17.2 Å². The van der Waals surface area contributed by atoms with Crippen LogP contribution in [0.5, 0.6) is 0 Å². The summed E-state index contributed by atoms with van der Waals surface area (Å²) >= 11 is 3.07. The number of hydrogen-bond acceptors (Lipinski definition) is 6. The summed E-state index contributed by atoms with van der Waals surface area (Å²) in [6.45, 7) is 7.05. The number of urea groups is 1. The van der Waals surface area contributed by atoms with Crippen molar-refractivity contribution in [3.8, 4) is 0 Å². The van der Waals surface area contributed by atoms with Gasteiger partial charge in [0.1, 0.15) is 15.5 Å². The van der Waals surface area contributed by atoms with Crippen molar-refractivity contribution in [3.05, 3.63) is 12.7 Å². The van der Waals surface area contributed by atoms with Gasteiger partial charge in [0.15, 0.2) is 1.26 Å². The summed E-state index contributed by atoms with van der Waals surface area (Å²) in [4.78, 5) is 34.4. The Kier molecular flexibility index (Phi) is 12.0. The normalized spacial score (nSPS) is 16.7. The SMILES string of the molecule is C=CCC1(C(C)C)C(=O)NC(=O)NC1=O.O=S(=O)([O-])C(I)I.[Na+]. The van der Waals surface area contributed by atoms with Crippen LogP contribution in [-0.4, -0.2) is 32.1 Å². The number of nitrogens with one attached hydrogen (secondary N) is 2. The van der Waals surface area contributed by atoms with Crippen LogP contribution in [0.1, 0.15) is 20.3 Å². The number of imide groups is 2. The minimum Gasteiger partial charge on any atom is -0.747 e. The molecule has 126 valence electrons. The maximum absolute atomic E-state index is 11.7. The smallest absolute Gasteiger partial charge is 0.747 e. The van der Waals surface area contributed by atoms with Gasteiger partial charge in [-0.2, -0.15) is 0 Å². The zero-order valence-electron chi connectivity index (χ0n) is 12.8. The summed E-state index contributed by atoms with van der Waals surface area (Å²) in [5.74, 6) is -1.30. The van der Waals surface area contributed by atoms with Crippen molar-refractivity contribution in [1.29, 1.82) is 0 Å². The van der Waals surface area contributed by atoms with E-state index in [4.69, 9.17) is 0 Å². The Balaban J connectivity index is 0. The van der Waals surface area contributed by atoms with E-state index in [1.54, 1.807) is 13.8 Å². The summed E-state index contributed by atoms with van der Waals surface area (Å²) in [6.07, 6.45) is 1.73. The van der Waals surface area contributed by atoms with Crippen LogP contribution in [-0.2, 0) is 19.7 Å². The number of hydrogen-bond donors (Lipinski definition) is 2. The second-order valence-corrected chi connectivity index (χ2v) is 12.6. The molecule has 12 heteroatoms. The Bertz CT molecular complexity index is 559. The second kappa shape index (κ2) is 10.7. The average Bonchev–Trinajstić information content (AvgIpc) is 2.32. The van der Waals surface area contributed by atoms with Crippen molar-refractivity contribution < 1.29 is 56.9 Å². The fraction of sp³-hybridized carbons (Fsp3) is 0.545. The molecule has 1 aliphatic rings. The van der Waals surface area contributed by atoms with Gasteiger partial charge in [-0.1, -0.05) is 65.1 Å². The van der Waals surface area contributed by atoms with Crippen LogP contribution in [0.3, 0.4) is 0 Å². The van der Waals surface area contributed by atoms with E-state index in [1.165, 1.54) is 51.3 Å². The Morgan fingerprint density at radius 2 is 1.57 bits per heavy atom. The molecule has 0 aromatic rings. The van der Waals surface area contributed by atoms with Gasteiger partial charge in [0, 0.05) is 0 Å². The number of allylic oxidation sites excluding steroid dienone is 1. The molecule has 1 fully saturated rings. The van der Waals surface area contributed by atoms with Crippen LogP contribution in [0.15, 0.2) is 12.7 Å². The number of carbonyl (C=O) groups is 3. The molecule has 0 unspecified atom stereocenters. The third-order valence-corrected chi connectivity index (χ3v) is 7.11. The Hall–Kier alpha value is 0.720. The third kappa shape index (κ3) is 7.23. The van der Waals surface area contributed by atoms with E-state index >= 15 is 0 Å².